The molecule has 1 heterocycles. The molecule has 2 aromatic rings. The van der Waals surface area contributed by atoms with E-state index in [-0.39, 0.29) is 33.2 Å². The van der Waals surface area contributed by atoms with Gasteiger partial charge in [0.15, 0.2) is 0 Å². The van der Waals surface area contributed by atoms with Crippen LogP contribution >= 0.6 is 23.2 Å². The molecule has 2 rings (SSSR count). The first-order valence-corrected chi connectivity index (χ1v) is 6.94. The third-order valence-corrected chi connectivity index (χ3v) is 3.45. The largest absolute Gasteiger partial charge is 0.329 e. The van der Waals surface area contributed by atoms with Crippen LogP contribution in [0.25, 0.3) is 5.69 Å². The predicted octanol–water partition coefficient (Wildman–Crippen LogP) is 4.42. The summed E-state index contributed by atoms with van der Waals surface area (Å²) in [5.74, 6) is -0.517. The maximum absolute atomic E-state index is 13.9. The Kier molecular flexibility index (Phi) is 4.49. The highest BCUT2D eigenvalue weighted by Crippen LogP contribution is 2.34. The van der Waals surface area contributed by atoms with Gasteiger partial charge in [0.25, 0.3) is 0 Å². The summed E-state index contributed by atoms with van der Waals surface area (Å²) in [4.78, 5) is 10.6. The van der Waals surface area contributed by atoms with Crippen LogP contribution in [0.4, 0.5) is 10.1 Å². The summed E-state index contributed by atoms with van der Waals surface area (Å²) < 4.78 is 14.9. The first-order valence-electron chi connectivity index (χ1n) is 6.19. The zero-order chi connectivity index (χ0) is 15.7. The van der Waals surface area contributed by atoms with Crippen molar-refractivity contribution in [2.24, 2.45) is 5.92 Å². The molecule has 0 amide bonds. The number of hydrogen-bond donors (Lipinski definition) is 0. The second kappa shape index (κ2) is 5.99. The number of benzene rings is 1. The van der Waals surface area contributed by atoms with Crippen molar-refractivity contribution in [3.8, 4) is 5.69 Å². The van der Waals surface area contributed by atoms with Gasteiger partial charge in [0.2, 0.25) is 5.15 Å². The summed E-state index contributed by atoms with van der Waals surface area (Å²) in [6.07, 6.45) is 0.356. The van der Waals surface area contributed by atoms with Crippen LogP contribution in [0.2, 0.25) is 10.2 Å². The van der Waals surface area contributed by atoms with Crippen molar-refractivity contribution in [3.63, 3.8) is 0 Å². The Balaban J connectivity index is 2.68. The van der Waals surface area contributed by atoms with Crippen LogP contribution in [-0.4, -0.2) is 14.7 Å². The van der Waals surface area contributed by atoms with Crippen molar-refractivity contribution in [1.29, 1.82) is 0 Å². The van der Waals surface area contributed by atoms with Gasteiger partial charge in [-0.3, -0.25) is 10.1 Å². The number of halogens is 3. The van der Waals surface area contributed by atoms with E-state index >= 15 is 0 Å². The summed E-state index contributed by atoms with van der Waals surface area (Å²) in [7, 11) is 0. The van der Waals surface area contributed by atoms with Crippen molar-refractivity contribution in [3.05, 3.63) is 50.0 Å². The van der Waals surface area contributed by atoms with E-state index in [9.17, 15) is 14.5 Å². The van der Waals surface area contributed by atoms with Crippen molar-refractivity contribution in [2.45, 2.75) is 20.3 Å². The minimum Gasteiger partial charge on any atom is -0.258 e. The standard InChI is InChI=1S/C13H12Cl2FN3O2/c1-7(2)6-10-12(19(20)21)13(15)18(17-10)11-8(14)4-3-5-9(11)16/h3-5,7H,6H2,1-2H3. The molecule has 0 saturated carbocycles. The first kappa shape index (κ1) is 15.7. The predicted molar refractivity (Wildman–Crippen MR) is 78.7 cm³/mol. The number of nitro groups is 1. The maximum atomic E-state index is 13.9. The minimum atomic E-state index is -0.655. The van der Waals surface area contributed by atoms with Gasteiger partial charge >= 0.3 is 5.69 Å². The lowest BCUT2D eigenvalue weighted by Gasteiger charge is -2.06. The average Bonchev–Trinajstić information content (AvgIpc) is 2.65. The molecule has 0 spiro atoms. The molecule has 0 aliphatic rings. The van der Waals surface area contributed by atoms with E-state index in [0.717, 1.165) is 4.68 Å². The van der Waals surface area contributed by atoms with Gasteiger partial charge in [-0.1, -0.05) is 43.1 Å². The third-order valence-electron chi connectivity index (χ3n) is 2.81. The highest BCUT2D eigenvalue weighted by Gasteiger charge is 2.29. The van der Waals surface area contributed by atoms with Crippen LogP contribution in [0.5, 0.6) is 0 Å². The zero-order valence-electron chi connectivity index (χ0n) is 11.3. The van der Waals surface area contributed by atoms with Gasteiger partial charge in [-0.25, -0.2) is 9.07 Å². The highest BCUT2D eigenvalue weighted by atomic mass is 35.5. The van der Waals surface area contributed by atoms with Gasteiger partial charge in [0.05, 0.1) is 9.95 Å². The molecule has 112 valence electrons. The van der Waals surface area contributed by atoms with E-state index in [2.05, 4.69) is 5.10 Å². The van der Waals surface area contributed by atoms with Gasteiger partial charge < -0.3 is 0 Å². The van der Waals surface area contributed by atoms with E-state index in [0.29, 0.717) is 6.42 Å². The normalized spacial score (nSPS) is 11.1. The van der Waals surface area contributed by atoms with Gasteiger partial charge in [0.1, 0.15) is 17.2 Å². The van der Waals surface area contributed by atoms with Crippen LogP contribution < -0.4 is 0 Å². The number of para-hydroxylation sites is 1. The Hall–Kier alpha value is -1.66. The van der Waals surface area contributed by atoms with Crippen LogP contribution in [0.3, 0.4) is 0 Å². The van der Waals surface area contributed by atoms with Crippen LogP contribution in [0.1, 0.15) is 19.5 Å². The summed E-state index contributed by atoms with van der Waals surface area (Å²) >= 11 is 12.0. The molecule has 0 radical (unpaired) electrons. The average molecular weight is 332 g/mol. The molecule has 0 N–H and O–H groups in total. The minimum absolute atomic E-state index is 0.0744. The molecule has 0 aliphatic carbocycles. The molecule has 0 atom stereocenters. The van der Waals surface area contributed by atoms with Gasteiger partial charge in [-0.15, -0.1) is 0 Å². The zero-order valence-corrected chi connectivity index (χ0v) is 12.8. The molecule has 0 fully saturated rings. The van der Waals surface area contributed by atoms with Gasteiger partial charge in [-0.2, -0.15) is 5.10 Å². The molecule has 0 saturated heterocycles. The molecule has 0 unspecified atom stereocenters. The molecular formula is C13H12Cl2FN3O2. The second-order valence-corrected chi connectivity index (χ2v) is 5.69. The maximum Gasteiger partial charge on any atom is 0.329 e. The molecule has 5 nitrogen and oxygen atoms in total. The SMILES string of the molecule is CC(C)Cc1nn(-c2c(F)cccc2Cl)c(Cl)c1[N+](=O)[O-]. The summed E-state index contributed by atoms with van der Waals surface area (Å²) in [5.41, 5.74) is -0.203. The van der Waals surface area contributed by atoms with Crippen molar-refractivity contribution in [2.75, 3.05) is 0 Å². The summed E-state index contributed by atoms with van der Waals surface area (Å²) in [6, 6.07) is 4.08. The Morgan fingerprint density at radius 2 is 2.10 bits per heavy atom. The summed E-state index contributed by atoms with van der Waals surface area (Å²) in [6.45, 7) is 3.79. The molecule has 1 aromatic heterocycles. The van der Waals surface area contributed by atoms with Crippen LogP contribution in [-0.2, 0) is 6.42 Å². The van der Waals surface area contributed by atoms with Crippen LogP contribution in [0, 0.1) is 21.8 Å². The van der Waals surface area contributed by atoms with Gasteiger partial charge in [-0.05, 0) is 18.1 Å². The summed E-state index contributed by atoms with van der Waals surface area (Å²) in [5, 5.41) is 15.1. The highest BCUT2D eigenvalue weighted by molar-refractivity contribution is 6.34. The van der Waals surface area contributed by atoms with Crippen molar-refractivity contribution >= 4 is 28.9 Å². The lowest BCUT2D eigenvalue weighted by Crippen LogP contribution is -2.03. The molecule has 1 aromatic carbocycles. The van der Waals surface area contributed by atoms with Crippen molar-refractivity contribution < 1.29 is 9.31 Å². The molecular weight excluding hydrogens is 320 g/mol. The molecule has 0 aliphatic heterocycles. The lowest BCUT2D eigenvalue weighted by molar-refractivity contribution is -0.385. The fourth-order valence-corrected chi connectivity index (χ4v) is 2.52. The number of rotatable bonds is 4. The van der Waals surface area contributed by atoms with Crippen molar-refractivity contribution in [1.82, 2.24) is 9.78 Å². The molecule has 8 heteroatoms. The monoisotopic (exact) mass is 331 g/mol. The first-order chi connectivity index (χ1) is 9.82. The second-order valence-electron chi connectivity index (χ2n) is 4.92. The Bertz CT molecular complexity index is 681. The lowest BCUT2D eigenvalue weighted by atomic mass is 10.1. The van der Waals surface area contributed by atoms with Crippen LogP contribution in [0.15, 0.2) is 18.2 Å². The molecule has 0 bridgehead atoms. The van der Waals surface area contributed by atoms with E-state index in [4.69, 9.17) is 23.2 Å². The number of hydrogen-bond acceptors (Lipinski definition) is 3. The third kappa shape index (κ3) is 3.01. The smallest absolute Gasteiger partial charge is 0.258 e. The number of aromatic nitrogens is 2. The van der Waals surface area contributed by atoms with E-state index in [1.807, 2.05) is 13.8 Å². The Morgan fingerprint density at radius 3 is 2.62 bits per heavy atom. The van der Waals surface area contributed by atoms with Gasteiger partial charge in [0, 0.05) is 6.42 Å². The van der Waals surface area contributed by atoms with E-state index in [1.165, 1.54) is 18.2 Å². The Labute approximate surface area is 130 Å². The number of nitrogens with zero attached hydrogens (tertiary/aromatic N) is 3. The van der Waals surface area contributed by atoms with E-state index < -0.39 is 10.7 Å². The molecule has 21 heavy (non-hydrogen) atoms. The Morgan fingerprint density at radius 1 is 1.43 bits per heavy atom. The van der Waals surface area contributed by atoms with E-state index in [1.54, 1.807) is 0 Å². The fraction of sp³-hybridized carbons (Fsp3) is 0.308. The fourth-order valence-electron chi connectivity index (χ4n) is 1.98. The topological polar surface area (TPSA) is 61.0 Å². The quantitative estimate of drug-likeness (QED) is 0.615.